The molecule has 2 N–H and O–H groups in total. The molecule has 1 amide bonds. The zero-order valence-electron chi connectivity index (χ0n) is 16.9. The highest BCUT2D eigenvalue weighted by Gasteiger charge is 2.23. The van der Waals surface area contributed by atoms with Crippen LogP contribution in [0.15, 0.2) is 46.9 Å². The molecule has 0 unspecified atom stereocenters. The van der Waals surface area contributed by atoms with Gasteiger partial charge in [0.15, 0.2) is 11.5 Å². The van der Waals surface area contributed by atoms with Gasteiger partial charge in [0.05, 0.1) is 10.6 Å². The van der Waals surface area contributed by atoms with Crippen molar-refractivity contribution in [3.63, 3.8) is 0 Å². The fourth-order valence-corrected chi connectivity index (χ4v) is 3.91. The predicted octanol–water partition coefficient (Wildman–Crippen LogP) is 4.76. The highest BCUT2D eigenvalue weighted by Crippen LogP contribution is 2.35. The molecule has 4 rings (SSSR count). The van der Waals surface area contributed by atoms with Crippen LogP contribution in [-0.4, -0.2) is 42.0 Å². The van der Waals surface area contributed by atoms with Gasteiger partial charge in [-0.3, -0.25) is 9.69 Å². The normalized spacial score (nSPS) is 14.5. The second-order valence-corrected chi connectivity index (χ2v) is 7.84. The number of carbonyl (C=O) groups excluding carboxylic acids is 1. The van der Waals surface area contributed by atoms with Crippen molar-refractivity contribution < 1.29 is 18.3 Å². The van der Waals surface area contributed by atoms with Gasteiger partial charge >= 0.3 is 0 Å². The van der Waals surface area contributed by atoms with Crippen LogP contribution in [0.3, 0.4) is 0 Å². The number of halogens is 2. The van der Waals surface area contributed by atoms with Crippen molar-refractivity contribution in [1.29, 1.82) is 0 Å². The summed E-state index contributed by atoms with van der Waals surface area (Å²) in [4.78, 5) is 18.4. The van der Waals surface area contributed by atoms with Crippen LogP contribution in [0.1, 0.15) is 29.8 Å². The van der Waals surface area contributed by atoms with Gasteiger partial charge in [0.25, 0.3) is 5.91 Å². The number of aromatic nitrogens is 1. The second kappa shape index (κ2) is 9.49. The third-order valence-corrected chi connectivity index (χ3v) is 5.59. The first-order valence-electron chi connectivity index (χ1n) is 10.2. The quantitative estimate of drug-likeness (QED) is 0.569. The minimum absolute atomic E-state index is 0.0180. The molecule has 1 fully saturated rings. The van der Waals surface area contributed by atoms with Crippen LogP contribution >= 0.6 is 11.6 Å². The minimum atomic E-state index is -0.778. The molecule has 1 saturated heterocycles. The number of nitrogens with two attached hydrogens (primary N) is 1. The predicted molar refractivity (Wildman–Crippen MR) is 117 cm³/mol. The largest absolute Gasteiger partial charge is 0.492 e. The number of nitrogens with zero attached hydrogens (tertiary/aromatic N) is 2. The van der Waals surface area contributed by atoms with Gasteiger partial charge in [-0.25, -0.2) is 9.37 Å². The summed E-state index contributed by atoms with van der Waals surface area (Å²) in [6, 6.07) is 11.3. The maximum Gasteiger partial charge on any atom is 0.271 e. The average molecular weight is 444 g/mol. The van der Waals surface area contributed by atoms with Crippen molar-refractivity contribution in [3.8, 4) is 28.5 Å². The van der Waals surface area contributed by atoms with E-state index in [4.69, 9.17) is 26.5 Å². The highest BCUT2D eigenvalue weighted by molar-refractivity contribution is 6.33. The van der Waals surface area contributed by atoms with E-state index in [1.54, 1.807) is 24.3 Å². The molecule has 0 aliphatic carbocycles. The number of benzene rings is 2. The molecule has 0 saturated carbocycles. The van der Waals surface area contributed by atoms with E-state index >= 15 is 0 Å². The van der Waals surface area contributed by atoms with E-state index in [1.165, 1.54) is 37.5 Å². The zero-order chi connectivity index (χ0) is 21.8. The zero-order valence-corrected chi connectivity index (χ0v) is 17.7. The van der Waals surface area contributed by atoms with Crippen molar-refractivity contribution in [2.45, 2.75) is 19.3 Å². The van der Waals surface area contributed by atoms with Crippen molar-refractivity contribution >= 4 is 17.5 Å². The van der Waals surface area contributed by atoms with Gasteiger partial charge in [0, 0.05) is 12.1 Å². The number of hydrogen-bond donors (Lipinski definition) is 1. The Morgan fingerprint density at radius 3 is 2.58 bits per heavy atom. The Kier molecular flexibility index (Phi) is 6.53. The summed E-state index contributed by atoms with van der Waals surface area (Å²) in [6.07, 6.45) is 3.79. The summed E-state index contributed by atoms with van der Waals surface area (Å²) in [5, 5.41) is 0.126. The Morgan fingerprint density at radius 1 is 1.16 bits per heavy atom. The van der Waals surface area contributed by atoms with Crippen LogP contribution in [0.4, 0.5) is 4.39 Å². The summed E-state index contributed by atoms with van der Waals surface area (Å²) in [7, 11) is 0. The van der Waals surface area contributed by atoms with Crippen molar-refractivity contribution in [1.82, 2.24) is 9.88 Å². The van der Waals surface area contributed by atoms with Gasteiger partial charge in [-0.1, -0.05) is 24.1 Å². The Balaban J connectivity index is 1.52. The Hall–Kier alpha value is -2.90. The van der Waals surface area contributed by atoms with Gasteiger partial charge in [-0.15, -0.1) is 0 Å². The lowest BCUT2D eigenvalue weighted by Crippen LogP contribution is -2.33. The first kappa shape index (κ1) is 21.3. The molecule has 1 aliphatic heterocycles. The fraction of sp³-hybridized carbons (Fsp3) is 0.304. The molecule has 2 heterocycles. The maximum absolute atomic E-state index is 14.3. The average Bonchev–Trinajstić information content (AvgIpc) is 3.20. The van der Waals surface area contributed by atoms with E-state index in [1.807, 2.05) is 0 Å². The Labute approximate surface area is 184 Å². The molecule has 162 valence electrons. The second-order valence-electron chi connectivity index (χ2n) is 7.43. The smallest absolute Gasteiger partial charge is 0.271 e. The van der Waals surface area contributed by atoms with Crippen LogP contribution < -0.4 is 10.5 Å². The Bertz CT molecular complexity index is 1040. The molecule has 0 spiro atoms. The van der Waals surface area contributed by atoms with E-state index in [-0.39, 0.29) is 27.9 Å². The third kappa shape index (κ3) is 4.89. The number of oxazole rings is 1. The van der Waals surface area contributed by atoms with Crippen molar-refractivity contribution in [3.05, 3.63) is 59.0 Å². The number of piperidine rings is 1. The molecule has 2 aromatic carbocycles. The molecule has 0 atom stereocenters. The van der Waals surface area contributed by atoms with Crippen LogP contribution in [-0.2, 0) is 0 Å². The molecule has 1 aliphatic rings. The molecule has 0 radical (unpaired) electrons. The van der Waals surface area contributed by atoms with E-state index in [2.05, 4.69) is 9.88 Å². The SMILES string of the molecule is NC(=O)c1nc(-c2c(F)cccc2Cl)oc1-c1ccc(OCCN2CCCCC2)cc1. The lowest BCUT2D eigenvalue weighted by atomic mass is 10.1. The van der Waals surface area contributed by atoms with Gasteiger partial charge < -0.3 is 14.9 Å². The summed E-state index contributed by atoms with van der Waals surface area (Å²) in [6.45, 7) is 3.74. The van der Waals surface area contributed by atoms with E-state index in [0.717, 1.165) is 19.6 Å². The molecule has 31 heavy (non-hydrogen) atoms. The Morgan fingerprint density at radius 2 is 1.90 bits per heavy atom. The lowest BCUT2D eigenvalue weighted by molar-refractivity contribution is 0.0996. The van der Waals surface area contributed by atoms with E-state index < -0.39 is 11.7 Å². The summed E-state index contributed by atoms with van der Waals surface area (Å²) < 4.78 is 25.8. The maximum atomic E-state index is 14.3. The molecular formula is C23H23ClFN3O3. The van der Waals surface area contributed by atoms with Gasteiger partial charge in [-0.2, -0.15) is 0 Å². The van der Waals surface area contributed by atoms with Crippen LogP contribution in [0, 0.1) is 5.82 Å². The fourth-order valence-electron chi connectivity index (χ4n) is 3.67. The van der Waals surface area contributed by atoms with Crippen LogP contribution in [0.2, 0.25) is 5.02 Å². The monoisotopic (exact) mass is 443 g/mol. The number of rotatable bonds is 7. The molecular weight excluding hydrogens is 421 g/mol. The van der Waals surface area contributed by atoms with Crippen LogP contribution in [0.5, 0.6) is 5.75 Å². The highest BCUT2D eigenvalue weighted by atomic mass is 35.5. The molecule has 1 aromatic heterocycles. The first-order chi connectivity index (χ1) is 15.0. The number of carbonyl (C=O) groups is 1. The minimum Gasteiger partial charge on any atom is -0.492 e. The summed E-state index contributed by atoms with van der Waals surface area (Å²) >= 11 is 6.10. The molecule has 3 aromatic rings. The lowest BCUT2D eigenvalue weighted by Gasteiger charge is -2.26. The topological polar surface area (TPSA) is 81.6 Å². The third-order valence-electron chi connectivity index (χ3n) is 5.28. The van der Waals surface area contributed by atoms with Gasteiger partial charge in [0.1, 0.15) is 18.2 Å². The molecule has 6 nitrogen and oxygen atoms in total. The summed E-state index contributed by atoms with van der Waals surface area (Å²) in [5.41, 5.74) is 5.93. The van der Waals surface area contributed by atoms with Crippen LogP contribution in [0.25, 0.3) is 22.8 Å². The van der Waals surface area contributed by atoms with Crippen molar-refractivity contribution in [2.24, 2.45) is 5.73 Å². The van der Waals surface area contributed by atoms with Gasteiger partial charge in [-0.05, 0) is 62.3 Å². The molecule has 0 bridgehead atoms. The van der Waals surface area contributed by atoms with Gasteiger partial charge in [0.2, 0.25) is 5.89 Å². The number of likely N-dealkylation sites (tertiary alicyclic amines) is 1. The number of primary amides is 1. The van der Waals surface area contributed by atoms with E-state index in [0.29, 0.717) is 17.9 Å². The standard InChI is InChI=1S/C23H23ClFN3O3/c24-17-5-4-6-18(25)19(17)23-27-20(22(26)29)21(31-23)15-7-9-16(10-8-15)30-14-13-28-11-2-1-3-12-28/h4-10H,1-3,11-14H2,(H2,26,29). The van der Waals surface area contributed by atoms with Crippen molar-refractivity contribution in [2.75, 3.05) is 26.2 Å². The molecule has 8 heteroatoms. The van der Waals surface area contributed by atoms with E-state index in [9.17, 15) is 9.18 Å². The number of hydrogen-bond acceptors (Lipinski definition) is 5. The number of amides is 1. The summed E-state index contributed by atoms with van der Waals surface area (Å²) in [5.74, 6) is -0.623. The first-order valence-corrected chi connectivity index (χ1v) is 10.6. The number of ether oxygens (including phenoxy) is 1.